The van der Waals surface area contributed by atoms with Crippen LogP contribution < -0.4 is 10.4 Å². The van der Waals surface area contributed by atoms with Gasteiger partial charge in [0, 0.05) is 0 Å². The maximum atomic E-state index is 3.61. The van der Waals surface area contributed by atoms with Gasteiger partial charge < -0.3 is 0 Å². The molecule has 0 amide bonds. The van der Waals surface area contributed by atoms with E-state index in [2.05, 4.69) is 149 Å². The van der Waals surface area contributed by atoms with Crippen molar-refractivity contribution in [1.29, 1.82) is 0 Å². The molecule has 2 nitrogen and oxygen atoms in total. The summed E-state index contributed by atoms with van der Waals surface area (Å²) in [5.74, 6) is 0. The van der Waals surface area contributed by atoms with Gasteiger partial charge in [0.2, 0.25) is 0 Å². The SMILES string of the molecule is CC(C)(C)c1ccc(C=CC2=CC(c3ccc(C(C)(C)C)cc3)N(c3ccccc3)N2)cc1. The van der Waals surface area contributed by atoms with Crippen molar-refractivity contribution in [2.45, 2.75) is 58.4 Å². The van der Waals surface area contributed by atoms with Crippen LogP contribution in [0.2, 0.25) is 0 Å². The molecule has 0 radical (unpaired) electrons. The second-order valence-electron chi connectivity index (χ2n) is 11.0. The monoisotopic (exact) mass is 436 g/mol. The number of benzene rings is 3. The topological polar surface area (TPSA) is 15.3 Å². The number of hydrazine groups is 1. The van der Waals surface area contributed by atoms with Crippen molar-refractivity contribution < 1.29 is 0 Å². The lowest BCUT2D eigenvalue weighted by Crippen LogP contribution is -2.34. The number of rotatable bonds is 4. The minimum Gasteiger partial charge on any atom is -0.298 e. The normalized spacial score (nSPS) is 16.7. The fourth-order valence-corrected chi connectivity index (χ4v) is 4.10. The van der Waals surface area contributed by atoms with Crippen LogP contribution in [0.15, 0.2) is 96.7 Å². The molecule has 1 unspecified atom stereocenters. The minimum absolute atomic E-state index is 0.129. The van der Waals surface area contributed by atoms with E-state index >= 15 is 0 Å². The average Bonchev–Trinajstić information content (AvgIpc) is 3.22. The van der Waals surface area contributed by atoms with Crippen molar-refractivity contribution in [3.8, 4) is 0 Å². The molecule has 1 aliphatic rings. The van der Waals surface area contributed by atoms with Crippen molar-refractivity contribution >= 4 is 11.8 Å². The standard InChI is InChI=1S/C31H36N2/c1-30(2,3)25-17-12-23(13-18-25)14-21-27-22-29(33(32-27)28-10-8-7-9-11-28)24-15-19-26(20-16-24)31(4,5)6/h7-22,29,32H,1-6H3. The number of anilines is 1. The second kappa shape index (κ2) is 8.94. The van der Waals surface area contributed by atoms with E-state index in [-0.39, 0.29) is 16.9 Å². The van der Waals surface area contributed by atoms with Crippen LogP contribution in [-0.2, 0) is 10.8 Å². The molecule has 33 heavy (non-hydrogen) atoms. The summed E-state index contributed by atoms with van der Waals surface area (Å²) < 4.78 is 0. The molecule has 1 atom stereocenters. The zero-order chi connectivity index (χ0) is 23.6. The zero-order valence-corrected chi connectivity index (χ0v) is 20.8. The van der Waals surface area contributed by atoms with E-state index in [0.29, 0.717) is 0 Å². The van der Waals surface area contributed by atoms with Crippen LogP contribution in [0.5, 0.6) is 0 Å². The molecule has 1 N–H and O–H groups in total. The third-order valence-corrected chi connectivity index (χ3v) is 6.25. The Morgan fingerprint density at radius 1 is 0.667 bits per heavy atom. The van der Waals surface area contributed by atoms with Crippen molar-refractivity contribution in [3.63, 3.8) is 0 Å². The van der Waals surface area contributed by atoms with Crippen LogP contribution in [0.25, 0.3) is 6.08 Å². The summed E-state index contributed by atoms with van der Waals surface area (Å²) in [5, 5.41) is 2.24. The molecule has 0 spiro atoms. The third kappa shape index (κ3) is 5.39. The van der Waals surface area contributed by atoms with E-state index in [9.17, 15) is 0 Å². The van der Waals surface area contributed by atoms with Gasteiger partial charge in [-0.1, -0.05) is 114 Å². The van der Waals surface area contributed by atoms with E-state index in [1.165, 1.54) is 22.3 Å². The summed E-state index contributed by atoms with van der Waals surface area (Å²) >= 11 is 0. The highest BCUT2D eigenvalue weighted by Gasteiger charge is 2.26. The molecule has 0 aromatic heterocycles. The molecule has 3 aromatic carbocycles. The van der Waals surface area contributed by atoms with Gasteiger partial charge in [0.05, 0.1) is 17.4 Å². The highest BCUT2D eigenvalue weighted by Crippen LogP contribution is 2.33. The lowest BCUT2D eigenvalue weighted by atomic mass is 9.86. The number of hydrogen-bond donors (Lipinski definition) is 1. The molecule has 1 heterocycles. The fraction of sp³-hybridized carbons (Fsp3) is 0.290. The van der Waals surface area contributed by atoms with E-state index in [1.54, 1.807) is 0 Å². The Morgan fingerprint density at radius 2 is 1.21 bits per heavy atom. The molecule has 2 heteroatoms. The van der Waals surface area contributed by atoms with Crippen molar-refractivity contribution in [2.75, 3.05) is 5.01 Å². The van der Waals surface area contributed by atoms with Gasteiger partial charge in [0.25, 0.3) is 0 Å². The van der Waals surface area contributed by atoms with Crippen LogP contribution in [0, 0.1) is 0 Å². The largest absolute Gasteiger partial charge is 0.298 e. The van der Waals surface area contributed by atoms with Gasteiger partial charge >= 0.3 is 0 Å². The molecule has 4 rings (SSSR count). The van der Waals surface area contributed by atoms with E-state index in [4.69, 9.17) is 0 Å². The Bertz CT molecular complexity index is 1120. The van der Waals surface area contributed by atoms with Crippen molar-refractivity contribution in [1.82, 2.24) is 5.43 Å². The molecular formula is C31H36N2. The van der Waals surface area contributed by atoms with Gasteiger partial charge in [-0.05, 0) is 57.4 Å². The first kappa shape index (κ1) is 22.9. The van der Waals surface area contributed by atoms with Gasteiger partial charge in [-0.15, -0.1) is 0 Å². The summed E-state index contributed by atoms with van der Waals surface area (Å²) in [6.45, 7) is 13.5. The minimum atomic E-state index is 0.129. The van der Waals surface area contributed by atoms with Crippen LogP contribution in [-0.4, -0.2) is 0 Å². The first-order chi connectivity index (χ1) is 15.6. The Balaban J connectivity index is 1.60. The first-order valence-corrected chi connectivity index (χ1v) is 11.8. The second-order valence-corrected chi connectivity index (χ2v) is 11.0. The molecule has 1 aliphatic heterocycles. The lowest BCUT2D eigenvalue weighted by Gasteiger charge is -2.28. The average molecular weight is 437 g/mol. The van der Waals surface area contributed by atoms with Crippen LogP contribution in [0.1, 0.15) is 69.8 Å². The highest BCUT2D eigenvalue weighted by atomic mass is 15.5. The van der Waals surface area contributed by atoms with Gasteiger partial charge in [0.1, 0.15) is 0 Å². The molecule has 0 saturated carbocycles. The molecule has 3 aromatic rings. The predicted octanol–water partition coefficient (Wildman–Crippen LogP) is 7.94. The molecule has 0 aliphatic carbocycles. The summed E-state index contributed by atoms with van der Waals surface area (Å²) in [6, 6.07) is 28.5. The van der Waals surface area contributed by atoms with Crippen LogP contribution >= 0.6 is 0 Å². The molecular weight excluding hydrogens is 400 g/mol. The van der Waals surface area contributed by atoms with Gasteiger partial charge in [-0.2, -0.15) is 0 Å². The summed E-state index contributed by atoms with van der Waals surface area (Å²) in [6.07, 6.45) is 6.66. The Labute approximate surface area is 199 Å². The highest BCUT2D eigenvalue weighted by molar-refractivity contribution is 5.58. The van der Waals surface area contributed by atoms with Gasteiger partial charge in [-0.25, -0.2) is 0 Å². The number of para-hydroxylation sites is 1. The molecule has 0 bridgehead atoms. The summed E-state index contributed by atoms with van der Waals surface area (Å²) in [5.41, 5.74) is 11.4. The molecule has 0 saturated heterocycles. The fourth-order valence-electron chi connectivity index (χ4n) is 4.10. The van der Waals surface area contributed by atoms with Crippen molar-refractivity contribution in [2.24, 2.45) is 0 Å². The third-order valence-electron chi connectivity index (χ3n) is 6.25. The Kier molecular flexibility index (Phi) is 6.21. The first-order valence-electron chi connectivity index (χ1n) is 11.8. The number of nitrogens with one attached hydrogen (secondary N) is 1. The smallest absolute Gasteiger partial charge is 0.0958 e. The van der Waals surface area contributed by atoms with E-state index in [1.807, 2.05) is 0 Å². The lowest BCUT2D eigenvalue weighted by molar-refractivity contribution is 0.589. The Hall–Kier alpha value is -3.26. The predicted molar refractivity (Wildman–Crippen MR) is 142 cm³/mol. The summed E-state index contributed by atoms with van der Waals surface area (Å²) in [7, 11) is 0. The number of allylic oxidation sites excluding steroid dienone is 1. The van der Waals surface area contributed by atoms with Crippen LogP contribution in [0.4, 0.5) is 5.69 Å². The van der Waals surface area contributed by atoms with Crippen molar-refractivity contribution in [3.05, 3.63) is 119 Å². The quantitative estimate of drug-likeness (QED) is 0.446. The maximum absolute atomic E-state index is 3.61. The number of hydrogen-bond acceptors (Lipinski definition) is 2. The Morgan fingerprint density at radius 3 is 1.76 bits per heavy atom. The summed E-state index contributed by atoms with van der Waals surface area (Å²) in [4.78, 5) is 0. The zero-order valence-electron chi connectivity index (χ0n) is 20.8. The van der Waals surface area contributed by atoms with Gasteiger partial charge in [-0.3, -0.25) is 10.4 Å². The molecule has 170 valence electrons. The van der Waals surface area contributed by atoms with E-state index < -0.39 is 0 Å². The maximum Gasteiger partial charge on any atom is 0.0958 e. The number of nitrogens with zero attached hydrogens (tertiary/aromatic N) is 1. The molecule has 0 fully saturated rings. The van der Waals surface area contributed by atoms with Gasteiger partial charge in [0.15, 0.2) is 0 Å². The van der Waals surface area contributed by atoms with Crippen LogP contribution in [0.3, 0.4) is 0 Å². The van der Waals surface area contributed by atoms with E-state index in [0.717, 1.165) is 11.4 Å².